The van der Waals surface area contributed by atoms with Gasteiger partial charge in [-0.05, 0) is 19.1 Å². The molecule has 0 atom stereocenters. The third-order valence-corrected chi connectivity index (χ3v) is 4.67. The number of carbonyl (C=O) groups excluding carboxylic acids is 1. The van der Waals surface area contributed by atoms with E-state index in [2.05, 4.69) is 25.7 Å². The quantitative estimate of drug-likeness (QED) is 0.548. The molecule has 1 amide bonds. The highest BCUT2D eigenvalue weighted by atomic mass is 28.3. The van der Waals surface area contributed by atoms with E-state index in [9.17, 15) is 4.79 Å². The molecule has 1 aliphatic rings. The van der Waals surface area contributed by atoms with Crippen LogP contribution in [0, 0.1) is 0 Å². The summed E-state index contributed by atoms with van der Waals surface area (Å²) in [4.78, 5) is 12.0. The lowest BCUT2D eigenvalue weighted by Crippen LogP contribution is -2.45. The fourth-order valence-corrected chi connectivity index (χ4v) is 3.40. The second-order valence-corrected chi connectivity index (χ2v) is 9.94. The van der Waals surface area contributed by atoms with E-state index in [1.165, 1.54) is 5.32 Å². The van der Waals surface area contributed by atoms with Gasteiger partial charge in [0.05, 0.1) is 11.9 Å². The van der Waals surface area contributed by atoms with Crippen LogP contribution in [0.4, 0.5) is 4.79 Å². The van der Waals surface area contributed by atoms with Gasteiger partial charge >= 0.3 is 6.03 Å². The molecule has 2 rings (SSSR count). The summed E-state index contributed by atoms with van der Waals surface area (Å²) in [6.45, 7) is 9.52. The van der Waals surface area contributed by atoms with Crippen molar-refractivity contribution < 1.29 is 9.37 Å². The highest BCUT2D eigenvalue weighted by Crippen LogP contribution is 2.11. The smallest absolute Gasteiger partial charge is 0.196 e. The fraction of sp³-hybridized carbons (Fsp3) is 0.455. The average molecular weight is 221 g/mol. The Morgan fingerprint density at radius 1 is 1.33 bits per heavy atom. The van der Waals surface area contributed by atoms with Crippen molar-refractivity contribution in [2.24, 2.45) is 0 Å². The minimum atomic E-state index is -1.43. The van der Waals surface area contributed by atoms with E-state index in [-0.39, 0.29) is 6.03 Å². The Bertz CT molecular complexity index is 452. The lowest BCUT2D eigenvalue weighted by molar-refractivity contribution is -0.414. The molecule has 0 aliphatic carbocycles. The monoisotopic (exact) mass is 221 g/mol. The Kier molecular flexibility index (Phi) is 2.19. The van der Waals surface area contributed by atoms with Gasteiger partial charge in [0.2, 0.25) is 0 Å². The number of rotatable bonds is 2. The molecule has 3 nitrogen and oxygen atoms in total. The van der Waals surface area contributed by atoms with Crippen molar-refractivity contribution in [2.45, 2.75) is 26.6 Å². The van der Waals surface area contributed by atoms with Gasteiger partial charge in [0, 0.05) is 0 Å². The largest absolute Gasteiger partial charge is 0.503 e. The Hall–Kier alpha value is -1.16. The number of hydrogen-bond donors (Lipinski definition) is 0. The van der Waals surface area contributed by atoms with Crippen LogP contribution in [-0.4, -0.2) is 36.0 Å². The van der Waals surface area contributed by atoms with Crippen LogP contribution in [0.5, 0.6) is 0 Å². The first-order chi connectivity index (χ1) is 6.95. The van der Waals surface area contributed by atoms with Gasteiger partial charge in [0.25, 0.3) is 0 Å². The van der Waals surface area contributed by atoms with E-state index >= 15 is 0 Å². The van der Waals surface area contributed by atoms with E-state index in [1.54, 1.807) is 4.58 Å². The van der Waals surface area contributed by atoms with Crippen LogP contribution in [0.1, 0.15) is 12.6 Å². The molecule has 4 heteroatoms. The highest BCUT2D eigenvalue weighted by molar-refractivity contribution is 6.88. The van der Waals surface area contributed by atoms with Gasteiger partial charge in [-0.25, -0.2) is 0 Å². The highest BCUT2D eigenvalue weighted by Gasteiger charge is 2.36. The van der Waals surface area contributed by atoms with Crippen molar-refractivity contribution in [1.29, 1.82) is 0 Å². The lowest BCUT2D eigenvalue weighted by atomic mass is 10.5. The maximum absolute atomic E-state index is 12.0. The van der Waals surface area contributed by atoms with Crippen molar-refractivity contribution in [2.75, 3.05) is 6.54 Å². The van der Waals surface area contributed by atoms with Gasteiger partial charge in [0.15, 0.2) is 5.69 Å². The maximum atomic E-state index is 12.0. The van der Waals surface area contributed by atoms with Crippen molar-refractivity contribution in [1.82, 2.24) is 4.57 Å². The van der Waals surface area contributed by atoms with E-state index in [4.69, 9.17) is 0 Å². The van der Waals surface area contributed by atoms with Crippen molar-refractivity contribution >= 4 is 25.6 Å². The zero-order valence-corrected chi connectivity index (χ0v) is 10.7. The normalized spacial score (nSPS) is 15.5. The number of nitrogens with zero attached hydrogens (tertiary/aromatic N) is 2. The molecule has 80 valence electrons. The maximum Gasteiger partial charge on any atom is 0.503 e. The molecule has 0 saturated carbocycles. The summed E-state index contributed by atoms with van der Waals surface area (Å²) >= 11 is 0. The van der Waals surface area contributed by atoms with Gasteiger partial charge in [-0.15, -0.1) is 0 Å². The van der Waals surface area contributed by atoms with Crippen molar-refractivity contribution in [3.63, 3.8) is 0 Å². The third kappa shape index (κ3) is 1.49. The summed E-state index contributed by atoms with van der Waals surface area (Å²) in [6.07, 6.45) is 1.94. The molecule has 0 fully saturated rings. The number of carbonyl (C=O) groups is 1. The molecule has 1 aliphatic heterocycles. The van der Waals surface area contributed by atoms with Gasteiger partial charge in [0.1, 0.15) is 14.3 Å². The Balaban J connectivity index is 2.53. The van der Waals surface area contributed by atoms with Crippen LogP contribution in [-0.2, 0) is 0 Å². The van der Waals surface area contributed by atoms with Crippen LogP contribution >= 0.6 is 0 Å². The van der Waals surface area contributed by atoms with Crippen LogP contribution < -0.4 is 5.32 Å². The topological polar surface area (TPSA) is 25.0 Å². The second-order valence-electron chi connectivity index (χ2n) is 4.93. The summed E-state index contributed by atoms with van der Waals surface area (Å²) in [7, 11) is -1.43. The molecule has 1 aromatic rings. The first-order valence-corrected chi connectivity index (χ1v) is 8.83. The zero-order chi connectivity index (χ0) is 11.2. The number of amides is 1. The first-order valence-electron chi connectivity index (χ1n) is 5.33. The number of aromatic nitrogens is 1. The molecule has 0 saturated heterocycles. The summed E-state index contributed by atoms with van der Waals surface area (Å²) in [5.74, 6) is 0. The van der Waals surface area contributed by atoms with E-state index < -0.39 is 8.07 Å². The van der Waals surface area contributed by atoms with Crippen LogP contribution in [0.2, 0.25) is 19.6 Å². The van der Waals surface area contributed by atoms with Gasteiger partial charge in [-0.3, -0.25) is 0 Å². The molecule has 0 unspecified atom stereocenters. The number of hydrogen-bond acceptors (Lipinski definition) is 1. The summed E-state index contributed by atoms with van der Waals surface area (Å²) in [5.41, 5.74) is 1.03. The SMILES string of the molecule is CC[N+]1=Cc2ccc([Si](C)(C)C)n2C1=O. The Morgan fingerprint density at radius 3 is 2.53 bits per heavy atom. The van der Waals surface area contributed by atoms with Crippen LogP contribution in [0.15, 0.2) is 12.1 Å². The molecule has 0 aromatic carbocycles. The fourth-order valence-electron chi connectivity index (χ4n) is 1.92. The zero-order valence-electron chi connectivity index (χ0n) is 9.74. The van der Waals surface area contributed by atoms with Crippen LogP contribution in [0.3, 0.4) is 0 Å². The Labute approximate surface area is 91.0 Å². The van der Waals surface area contributed by atoms with E-state index in [0.29, 0.717) is 0 Å². The van der Waals surface area contributed by atoms with Crippen molar-refractivity contribution in [3.8, 4) is 0 Å². The predicted octanol–water partition coefficient (Wildman–Crippen LogP) is 1.47. The van der Waals surface area contributed by atoms with Crippen molar-refractivity contribution in [3.05, 3.63) is 17.8 Å². The van der Waals surface area contributed by atoms with E-state index in [0.717, 1.165) is 12.2 Å². The minimum Gasteiger partial charge on any atom is -0.196 e. The summed E-state index contributed by atoms with van der Waals surface area (Å²) in [6, 6.07) is 4.25. The van der Waals surface area contributed by atoms with Gasteiger partial charge in [-0.1, -0.05) is 19.6 Å². The summed E-state index contributed by atoms with van der Waals surface area (Å²) < 4.78 is 3.63. The molecular formula is C11H17N2OSi+. The molecule has 15 heavy (non-hydrogen) atoms. The van der Waals surface area contributed by atoms with Crippen LogP contribution in [0.25, 0.3) is 0 Å². The second kappa shape index (κ2) is 3.17. The predicted molar refractivity (Wildman–Crippen MR) is 64.2 cm³/mol. The molecule has 0 bridgehead atoms. The third-order valence-electron chi connectivity index (χ3n) is 2.75. The van der Waals surface area contributed by atoms with Gasteiger partial charge < -0.3 is 0 Å². The molecule has 1 aromatic heterocycles. The standard InChI is InChI=1S/C11H17N2OSi/c1-5-12-8-9-6-7-10(15(2,3)4)13(9)11(12)14/h6-8H,5H2,1-4H3/q+1. The Morgan fingerprint density at radius 2 is 2.00 bits per heavy atom. The lowest BCUT2D eigenvalue weighted by Gasteiger charge is -2.12. The minimum absolute atomic E-state index is 0.106. The molecule has 0 N–H and O–H groups in total. The average Bonchev–Trinajstić information content (AvgIpc) is 2.65. The number of fused-ring (bicyclic) bond motifs is 1. The molecule has 2 heterocycles. The molecule has 0 spiro atoms. The van der Waals surface area contributed by atoms with Gasteiger partial charge in [-0.2, -0.15) is 13.9 Å². The molecular weight excluding hydrogens is 204 g/mol. The first kappa shape index (κ1) is 10.4. The molecule has 0 radical (unpaired) electrons. The summed E-state index contributed by atoms with van der Waals surface area (Å²) in [5, 5.41) is 1.22. The van der Waals surface area contributed by atoms with E-state index in [1.807, 2.05) is 23.8 Å².